The molecular formula is C18H19FN2O5. The van der Waals surface area contributed by atoms with Gasteiger partial charge < -0.3 is 14.6 Å². The molecule has 0 radical (unpaired) electrons. The maximum atomic E-state index is 14.0. The van der Waals surface area contributed by atoms with Crippen LogP contribution in [0.15, 0.2) is 22.7 Å². The lowest BCUT2D eigenvalue weighted by atomic mass is 10.1. The van der Waals surface area contributed by atoms with Crippen molar-refractivity contribution >= 4 is 23.3 Å². The van der Waals surface area contributed by atoms with Crippen LogP contribution >= 0.6 is 0 Å². The number of Topliss-reactive ketones (excluding diaryl/α,β-unsaturated/α-hetero) is 1. The number of aromatic nitrogens is 1. The third-order valence-corrected chi connectivity index (χ3v) is 3.71. The molecule has 26 heavy (non-hydrogen) atoms. The molecule has 0 fully saturated rings. The number of hydrogen-bond acceptors (Lipinski definition) is 6. The van der Waals surface area contributed by atoms with Crippen LogP contribution in [0, 0.1) is 19.7 Å². The van der Waals surface area contributed by atoms with Crippen LogP contribution in [-0.2, 0) is 20.7 Å². The van der Waals surface area contributed by atoms with Gasteiger partial charge in [-0.15, -0.1) is 0 Å². The largest absolute Gasteiger partial charge is 0.457 e. The van der Waals surface area contributed by atoms with Gasteiger partial charge in [0.1, 0.15) is 11.6 Å². The Morgan fingerprint density at radius 3 is 2.58 bits per heavy atom. The number of anilines is 1. The molecule has 0 saturated heterocycles. The fraction of sp³-hybridized carbons (Fsp3) is 0.333. The Morgan fingerprint density at radius 1 is 1.27 bits per heavy atom. The van der Waals surface area contributed by atoms with E-state index in [1.165, 1.54) is 19.1 Å². The lowest BCUT2D eigenvalue weighted by Crippen LogP contribution is -2.16. The van der Waals surface area contributed by atoms with Gasteiger partial charge in [0.2, 0.25) is 11.7 Å². The fourth-order valence-corrected chi connectivity index (χ4v) is 2.40. The van der Waals surface area contributed by atoms with E-state index in [4.69, 9.17) is 9.26 Å². The zero-order chi connectivity index (χ0) is 19.3. The zero-order valence-electron chi connectivity index (χ0n) is 14.7. The number of benzene rings is 1. The van der Waals surface area contributed by atoms with Gasteiger partial charge in [0.25, 0.3) is 0 Å². The van der Waals surface area contributed by atoms with E-state index in [-0.39, 0.29) is 23.6 Å². The van der Waals surface area contributed by atoms with Crippen molar-refractivity contribution in [3.8, 4) is 0 Å². The van der Waals surface area contributed by atoms with Crippen LogP contribution in [0.3, 0.4) is 0 Å². The van der Waals surface area contributed by atoms with Crippen molar-refractivity contribution in [2.45, 2.75) is 33.6 Å². The third kappa shape index (κ3) is 4.98. The third-order valence-electron chi connectivity index (χ3n) is 3.71. The first kappa shape index (κ1) is 19.3. The molecule has 0 unspecified atom stereocenters. The van der Waals surface area contributed by atoms with Crippen LogP contribution in [0.1, 0.15) is 40.7 Å². The lowest BCUT2D eigenvalue weighted by molar-refractivity contribution is -0.142. The van der Waals surface area contributed by atoms with Gasteiger partial charge in [-0.1, -0.05) is 5.16 Å². The van der Waals surface area contributed by atoms with Crippen LogP contribution in [0.5, 0.6) is 0 Å². The van der Waals surface area contributed by atoms with Crippen molar-refractivity contribution in [2.75, 3.05) is 11.9 Å². The van der Waals surface area contributed by atoms with Gasteiger partial charge in [-0.2, -0.15) is 0 Å². The van der Waals surface area contributed by atoms with Gasteiger partial charge in [0, 0.05) is 24.6 Å². The van der Waals surface area contributed by atoms with Gasteiger partial charge in [0.15, 0.2) is 6.61 Å². The van der Waals surface area contributed by atoms with Gasteiger partial charge in [-0.3, -0.25) is 14.4 Å². The lowest BCUT2D eigenvalue weighted by Gasteiger charge is -2.07. The second kappa shape index (κ2) is 8.37. The number of ether oxygens (including phenoxy) is 1. The Labute approximate surface area is 149 Å². The summed E-state index contributed by atoms with van der Waals surface area (Å²) >= 11 is 0. The molecule has 0 spiro atoms. The van der Waals surface area contributed by atoms with E-state index >= 15 is 0 Å². The summed E-state index contributed by atoms with van der Waals surface area (Å²) in [6.45, 7) is 4.25. The maximum absolute atomic E-state index is 14.0. The van der Waals surface area contributed by atoms with E-state index in [0.29, 0.717) is 17.9 Å². The molecule has 1 amide bonds. The number of aryl methyl sites for hydroxylation is 2. The minimum atomic E-state index is -0.798. The van der Waals surface area contributed by atoms with Crippen molar-refractivity contribution in [2.24, 2.45) is 0 Å². The van der Waals surface area contributed by atoms with Crippen molar-refractivity contribution in [1.29, 1.82) is 0 Å². The highest BCUT2D eigenvalue weighted by molar-refractivity contribution is 5.99. The number of ketones is 1. The average molecular weight is 362 g/mol. The molecule has 0 saturated carbocycles. The Hall–Kier alpha value is -3.03. The first-order valence-electron chi connectivity index (χ1n) is 7.95. The summed E-state index contributed by atoms with van der Waals surface area (Å²) < 4.78 is 23.9. The quantitative estimate of drug-likeness (QED) is 0.601. The van der Waals surface area contributed by atoms with Gasteiger partial charge in [-0.25, -0.2) is 4.39 Å². The Morgan fingerprint density at radius 2 is 2.00 bits per heavy atom. The van der Waals surface area contributed by atoms with Crippen molar-refractivity contribution in [3.05, 3.63) is 46.6 Å². The Bertz CT molecular complexity index is 825. The molecular weight excluding hydrogens is 343 g/mol. The van der Waals surface area contributed by atoms with Crippen LogP contribution in [0.2, 0.25) is 0 Å². The molecule has 0 aliphatic rings. The van der Waals surface area contributed by atoms with E-state index < -0.39 is 24.2 Å². The van der Waals surface area contributed by atoms with E-state index in [9.17, 15) is 18.8 Å². The van der Waals surface area contributed by atoms with E-state index in [1.807, 2.05) is 0 Å². The number of hydrogen-bond donors (Lipinski definition) is 1. The number of carbonyl (C=O) groups is 3. The predicted molar refractivity (Wildman–Crippen MR) is 90.3 cm³/mol. The van der Waals surface area contributed by atoms with Gasteiger partial charge >= 0.3 is 5.97 Å². The molecule has 1 aromatic heterocycles. The summed E-state index contributed by atoms with van der Waals surface area (Å²) in [6.07, 6.45) is 0.439. The second-order valence-electron chi connectivity index (χ2n) is 5.76. The highest BCUT2D eigenvalue weighted by Gasteiger charge is 2.16. The van der Waals surface area contributed by atoms with E-state index in [0.717, 1.165) is 11.6 Å². The monoisotopic (exact) mass is 362 g/mol. The first-order chi connectivity index (χ1) is 12.3. The number of rotatable bonds is 7. The zero-order valence-corrected chi connectivity index (χ0v) is 14.7. The standard InChI is InChI=1S/C18H19FN2O5/c1-10-14(11(2)26-21-10)6-7-18(24)25-9-17(23)15-5-4-13(8-16(15)19)20-12(3)22/h4-5,8H,6-7,9H2,1-3H3,(H,20,22). The molecule has 138 valence electrons. The minimum Gasteiger partial charge on any atom is -0.457 e. The minimum absolute atomic E-state index is 0.0557. The number of esters is 1. The Kier molecular flexibility index (Phi) is 6.21. The molecule has 7 nitrogen and oxygen atoms in total. The van der Waals surface area contributed by atoms with E-state index in [1.54, 1.807) is 13.8 Å². The smallest absolute Gasteiger partial charge is 0.306 e. The van der Waals surface area contributed by atoms with Crippen LogP contribution in [0.25, 0.3) is 0 Å². The molecule has 1 N–H and O–H groups in total. The number of carbonyl (C=O) groups excluding carboxylic acids is 3. The molecule has 1 aromatic carbocycles. The van der Waals surface area contributed by atoms with Crippen molar-refractivity contribution in [3.63, 3.8) is 0 Å². The summed E-state index contributed by atoms with van der Waals surface area (Å²) in [5, 5.41) is 6.21. The highest BCUT2D eigenvalue weighted by atomic mass is 19.1. The van der Waals surface area contributed by atoms with Crippen molar-refractivity contribution in [1.82, 2.24) is 5.16 Å². The number of halogens is 1. The molecule has 2 aromatic rings. The summed E-state index contributed by atoms with van der Waals surface area (Å²) in [5.41, 5.74) is 1.56. The average Bonchev–Trinajstić information content (AvgIpc) is 2.88. The summed E-state index contributed by atoms with van der Waals surface area (Å²) in [4.78, 5) is 34.7. The number of nitrogens with zero attached hydrogens (tertiary/aromatic N) is 1. The molecule has 0 atom stereocenters. The molecule has 2 rings (SSSR count). The molecule has 0 bridgehead atoms. The Balaban J connectivity index is 1.88. The van der Waals surface area contributed by atoms with Crippen molar-refractivity contribution < 1.29 is 28.0 Å². The maximum Gasteiger partial charge on any atom is 0.306 e. The van der Waals surface area contributed by atoms with Crippen LogP contribution in [0.4, 0.5) is 10.1 Å². The summed E-state index contributed by atoms with van der Waals surface area (Å²) in [5.74, 6) is -1.76. The molecule has 8 heteroatoms. The predicted octanol–water partition coefficient (Wildman–Crippen LogP) is 2.75. The molecule has 1 heterocycles. The number of amides is 1. The highest BCUT2D eigenvalue weighted by Crippen LogP contribution is 2.16. The SMILES string of the molecule is CC(=O)Nc1ccc(C(=O)COC(=O)CCc2c(C)noc2C)c(F)c1. The molecule has 0 aliphatic heterocycles. The summed E-state index contributed by atoms with van der Waals surface area (Å²) in [6, 6.07) is 3.67. The van der Waals surface area contributed by atoms with E-state index in [2.05, 4.69) is 10.5 Å². The molecule has 0 aliphatic carbocycles. The topological polar surface area (TPSA) is 98.5 Å². The van der Waals surface area contributed by atoms with Gasteiger partial charge in [-0.05, 0) is 38.5 Å². The fourth-order valence-electron chi connectivity index (χ4n) is 2.40. The van der Waals surface area contributed by atoms with Gasteiger partial charge in [0.05, 0.1) is 11.3 Å². The van der Waals surface area contributed by atoms with Crippen LogP contribution in [-0.4, -0.2) is 29.4 Å². The summed E-state index contributed by atoms with van der Waals surface area (Å²) in [7, 11) is 0. The normalized spacial score (nSPS) is 10.5. The van der Waals surface area contributed by atoms with Crippen LogP contribution < -0.4 is 5.32 Å². The first-order valence-corrected chi connectivity index (χ1v) is 7.95. The second-order valence-corrected chi connectivity index (χ2v) is 5.76. The number of nitrogens with one attached hydrogen (secondary N) is 1.